The van der Waals surface area contributed by atoms with E-state index in [-0.39, 0.29) is 5.91 Å². The van der Waals surface area contributed by atoms with E-state index in [2.05, 4.69) is 31.4 Å². The molecule has 1 atom stereocenters. The normalized spacial score (nSPS) is 17.8. The van der Waals surface area contributed by atoms with Gasteiger partial charge in [-0.2, -0.15) is 4.98 Å². The molecule has 23 heavy (non-hydrogen) atoms. The quantitative estimate of drug-likeness (QED) is 0.809. The van der Waals surface area contributed by atoms with Crippen molar-refractivity contribution in [3.05, 3.63) is 21.8 Å². The maximum absolute atomic E-state index is 12.4. The Morgan fingerprint density at radius 1 is 1.61 bits per heavy atom. The van der Waals surface area contributed by atoms with Crippen LogP contribution in [0.1, 0.15) is 25.2 Å². The van der Waals surface area contributed by atoms with Crippen molar-refractivity contribution in [3.63, 3.8) is 0 Å². The SMILES string of the molecule is CNCC1CCCN1C(=O)CCc1nc(-c2cc(Br)cs2)no1. The lowest BCUT2D eigenvalue weighted by molar-refractivity contribution is -0.132. The molecule has 1 aliphatic rings. The Hall–Kier alpha value is -1.25. The Balaban J connectivity index is 1.56. The third kappa shape index (κ3) is 3.99. The number of likely N-dealkylation sites (N-methyl/N-ethyl adjacent to an activating group) is 1. The Kier molecular flexibility index (Phi) is 5.45. The molecule has 0 radical (unpaired) electrons. The highest BCUT2D eigenvalue weighted by Crippen LogP contribution is 2.28. The minimum Gasteiger partial charge on any atom is -0.339 e. The second kappa shape index (κ2) is 7.55. The highest BCUT2D eigenvalue weighted by molar-refractivity contribution is 9.10. The zero-order valence-corrected chi connectivity index (χ0v) is 15.3. The number of rotatable bonds is 6. The minimum absolute atomic E-state index is 0.168. The summed E-state index contributed by atoms with van der Waals surface area (Å²) < 4.78 is 6.27. The Labute approximate surface area is 147 Å². The van der Waals surface area contributed by atoms with Crippen LogP contribution in [0.5, 0.6) is 0 Å². The molecule has 3 rings (SSSR count). The first kappa shape index (κ1) is 16.6. The molecule has 2 aromatic heterocycles. The van der Waals surface area contributed by atoms with E-state index in [4.69, 9.17) is 4.52 Å². The van der Waals surface area contributed by atoms with E-state index in [9.17, 15) is 4.79 Å². The lowest BCUT2D eigenvalue weighted by Crippen LogP contribution is -2.40. The van der Waals surface area contributed by atoms with Crippen LogP contribution in [-0.2, 0) is 11.2 Å². The topological polar surface area (TPSA) is 71.3 Å². The number of thiophene rings is 1. The molecule has 0 bridgehead atoms. The molecular weight excluding hydrogens is 380 g/mol. The molecule has 6 nitrogen and oxygen atoms in total. The largest absolute Gasteiger partial charge is 0.339 e. The van der Waals surface area contributed by atoms with Gasteiger partial charge in [-0.05, 0) is 41.9 Å². The summed E-state index contributed by atoms with van der Waals surface area (Å²) in [5.41, 5.74) is 0. The third-order valence-electron chi connectivity index (χ3n) is 3.95. The predicted molar refractivity (Wildman–Crippen MR) is 92.3 cm³/mol. The van der Waals surface area contributed by atoms with Crippen molar-refractivity contribution in [2.45, 2.75) is 31.7 Å². The highest BCUT2D eigenvalue weighted by atomic mass is 79.9. The fourth-order valence-corrected chi connectivity index (χ4v) is 4.21. The van der Waals surface area contributed by atoms with Gasteiger partial charge in [-0.1, -0.05) is 5.16 Å². The van der Waals surface area contributed by atoms with Crippen LogP contribution in [0, 0.1) is 0 Å². The van der Waals surface area contributed by atoms with Crippen molar-refractivity contribution >= 4 is 33.2 Å². The molecule has 0 saturated carbocycles. The number of halogens is 1. The van der Waals surface area contributed by atoms with E-state index in [1.807, 2.05) is 23.4 Å². The number of carbonyl (C=O) groups is 1. The van der Waals surface area contributed by atoms with Crippen LogP contribution in [0.15, 0.2) is 20.4 Å². The number of amides is 1. The van der Waals surface area contributed by atoms with Crippen LogP contribution in [0.4, 0.5) is 0 Å². The molecule has 1 N–H and O–H groups in total. The number of aromatic nitrogens is 2. The molecule has 8 heteroatoms. The molecule has 1 saturated heterocycles. The molecule has 3 heterocycles. The summed E-state index contributed by atoms with van der Waals surface area (Å²) in [4.78, 5) is 19.7. The molecule has 1 amide bonds. The minimum atomic E-state index is 0.168. The van der Waals surface area contributed by atoms with Gasteiger partial charge in [0.15, 0.2) is 0 Å². The first-order chi connectivity index (χ1) is 11.2. The number of aryl methyl sites for hydroxylation is 1. The number of likely N-dealkylation sites (tertiary alicyclic amines) is 1. The number of nitrogens with zero attached hydrogens (tertiary/aromatic N) is 3. The summed E-state index contributed by atoms with van der Waals surface area (Å²) in [7, 11) is 1.92. The molecule has 0 spiro atoms. The van der Waals surface area contributed by atoms with Gasteiger partial charge in [0.1, 0.15) is 0 Å². The fraction of sp³-hybridized carbons (Fsp3) is 0.533. The first-order valence-corrected chi connectivity index (χ1v) is 9.35. The van der Waals surface area contributed by atoms with Crippen molar-refractivity contribution in [1.29, 1.82) is 0 Å². The van der Waals surface area contributed by atoms with Gasteiger partial charge in [0.2, 0.25) is 17.6 Å². The van der Waals surface area contributed by atoms with Crippen molar-refractivity contribution < 1.29 is 9.32 Å². The van der Waals surface area contributed by atoms with Gasteiger partial charge in [0.25, 0.3) is 0 Å². The Morgan fingerprint density at radius 2 is 2.48 bits per heavy atom. The standard InChI is InChI=1S/C15H19BrN4O2S/c1-17-8-11-3-2-6-20(11)14(21)5-4-13-18-15(19-22-13)12-7-10(16)9-23-12/h7,9,11,17H,2-6,8H2,1H3. The van der Waals surface area contributed by atoms with Crippen molar-refractivity contribution in [3.8, 4) is 10.7 Å². The average Bonchev–Trinajstić information content (AvgIpc) is 3.25. The van der Waals surface area contributed by atoms with Crippen LogP contribution >= 0.6 is 27.3 Å². The molecular formula is C15H19BrN4O2S. The first-order valence-electron chi connectivity index (χ1n) is 7.68. The van der Waals surface area contributed by atoms with Crippen LogP contribution in [0.25, 0.3) is 10.7 Å². The molecule has 2 aromatic rings. The van der Waals surface area contributed by atoms with E-state index >= 15 is 0 Å². The fourth-order valence-electron chi connectivity index (χ4n) is 2.86. The average molecular weight is 399 g/mol. The highest BCUT2D eigenvalue weighted by Gasteiger charge is 2.28. The van der Waals surface area contributed by atoms with E-state index in [0.717, 1.165) is 35.3 Å². The van der Waals surface area contributed by atoms with Gasteiger partial charge in [0, 0.05) is 41.8 Å². The van der Waals surface area contributed by atoms with Gasteiger partial charge in [0.05, 0.1) is 4.88 Å². The molecule has 124 valence electrons. The van der Waals surface area contributed by atoms with Crippen LogP contribution in [0.2, 0.25) is 0 Å². The molecule has 0 aliphatic carbocycles. The van der Waals surface area contributed by atoms with E-state index in [0.29, 0.717) is 30.6 Å². The second-order valence-corrected chi connectivity index (χ2v) is 7.41. The van der Waals surface area contributed by atoms with Gasteiger partial charge in [-0.25, -0.2) is 0 Å². The van der Waals surface area contributed by atoms with Crippen LogP contribution in [0.3, 0.4) is 0 Å². The molecule has 0 aromatic carbocycles. The lowest BCUT2D eigenvalue weighted by Gasteiger charge is -2.24. The second-order valence-electron chi connectivity index (χ2n) is 5.58. The predicted octanol–water partition coefficient (Wildman–Crippen LogP) is 2.70. The van der Waals surface area contributed by atoms with E-state index < -0.39 is 0 Å². The van der Waals surface area contributed by atoms with E-state index in [1.54, 1.807) is 11.3 Å². The summed E-state index contributed by atoms with van der Waals surface area (Å²) in [6.07, 6.45) is 3.05. The van der Waals surface area contributed by atoms with E-state index in [1.165, 1.54) is 0 Å². The van der Waals surface area contributed by atoms with Crippen molar-refractivity contribution in [1.82, 2.24) is 20.4 Å². The van der Waals surface area contributed by atoms with Crippen LogP contribution < -0.4 is 5.32 Å². The smallest absolute Gasteiger partial charge is 0.227 e. The van der Waals surface area contributed by atoms with Gasteiger partial charge in [-0.3, -0.25) is 4.79 Å². The van der Waals surface area contributed by atoms with Crippen molar-refractivity contribution in [2.75, 3.05) is 20.1 Å². The summed E-state index contributed by atoms with van der Waals surface area (Å²) >= 11 is 4.96. The Bertz CT molecular complexity index is 672. The lowest BCUT2D eigenvalue weighted by atomic mass is 10.2. The third-order valence-corrected chi connectivity index (χ3v) is 5.63. The maximum atomic E-state index is 12.4. The summed E-state index contributed by atoms with van der Waals surface area (Å²) in [6.45, 7) is 1.70. The Morgan fingerprint density at radius 3 is 3.22 bits per heavy atom. The number of hydrogen-bond donors (Lipinski definition) is 1. The van der Waals surface area contributed by atoms with Gasteiger partial charge < -0.3 is 14.7 Å². The summed E-state index contributed by atoms with van der Waals surface area (Å²) in [5, 5.41) is 9.12. The monoisotopic (exact) mass is 398 g/mol. The molecule has 1 aliphatic heterocycles. The zero-order chi connectivity index (χ0) is 16.2. The van der Waals surface area contributed by atoms with Gasteiger partial charge >= 0.3 is 0 Å². The number of nitrogens with one attached hydrogen (secondary N) is 1. The summed E-state index contributed by atoms with van der Waals surface area (Å²) in [6, 6.07) is 2.27. The number of hydrogen-bond acceptors (Lipinski definition) is 6. The van der Waals surface area contributed by atoms with Crippen molar-refractivity contribution in [2.24, 2.45) is 0 Å². The number of carbonyl (C=O) groups excluding carboxylic acids is 1. The summed E-state index contributed by atoms with van der Waals surface area (Å²) in [5.74, 6) is 1.26. The van der Waals surface area contributed by atoms with Gasteiger partial charge in [-0.15, -0.1) is 11.3 Å². The maximum Gasteiger partial charge on any atom is 0.227 e. The molecule has 1 fully saturated rings. The molecule has 1 unspecified atom stereocenters. The zero-order valence-electron chi connectivity index (χ0n) is 12.9. The van der Waals surface area contributed by atoms with Crippen LogP contribution in [-0.4, -0.2) is 47.1 Å².